The smallest absolute Gasteiger partial charge is 0.232 e. The largest absolute Gasteiger partial charge is 0.373 e. The Morgan fingerprint density at radius 3 is 2.58 bits per heavy atom. The first-order valence-corrected chi connectivity index (χ1v) is 8.20. The molecule has 0 unspecified atom stereocenters. The Hall–Kier alpha value is -2.25. The number of hydrogen-bond donors (Lipinski definition) is 2. The van der Waals surface area contributed by atoms with E-state index in [-0.39, 0.29) is 18.2 Å². The van der Waals surface area contributed by atoms with Crippen LogP contribution in [0.15, 0.2) is 24.3 Å². The van der Waals surface area contributed by atoms with E-state index in [4.69, 9.17) is 10.5 Å². The summed E-state index contributed by atoms with van der Waals surface area (Å²) in [5.41, 5.74) is 7.95. The van der Waals surface area contributed by atoms with Crippen molar-refractivity contribution in [1.82, 2.24) is 19.9 Å². The second-order valence-corrected chi connectivity index (χ2v) is 6.32. The summed E-state index contributed by atoms with van der Waals surface area (Å²) < 4.78 is 5.76. The van der Waals surface area contributed by atoms with Gasteiger partial charge in [0.15, 0.2) is 0 Å². The molecule has 3 rings (SSSR count). The van der Waals surface area contributed by atoms with Crippen LogP contribution >= 0.6 is 0 Å². The number of hydrogen-bond acceptors (Lipinski definition) is 7. The van der Waals surface area contributed by atoms with Gasteiger partial charge >= 0.3 is 0 Å². The molecular weight excluding hydrogens is 304 g/mol. The second kappa shape index (κ2) is 7.11. The first-order valence-electron chi connectivity index (χ1n) is 8.20. The molecule has 0 amide bonds. The van der Waals surface area contributed by atoms with Crippen LogP contribution in [0.25, 0.3) is 0 Å². The Kier molecular flexibility index (Phi) is 4.92. The van der Waals surface area contributed by atoms with Crippen LogP contribution in [0.3, 0.4) is 0 Å². The van der Waals surface area contributed by atoms with Crippen molar-refractivity contribution in [2.24, 2.45) is 0 Å². The Morgan fingerprint density at radius 1 is 1.17 bits per heavy atom. The number of ether oxygens (including phenoxy) is 1. The average molecular weight is 328 g/mol. The summed E-state index contributed by atoms with van der Waals surface area (Å²) >= 11 is 0. The number of nitrogens with zero attached hydrogens (tertiary/aromatic N) is 4. The number of aromatic nitrogens is 3. The summed E-state index contributed by atoms with van der Waals surface area (Å²) in [5, 5.41) is 3.22. The van der Waals surface area contributed by atoms with Crippen molar-refractivity contribution in [3.05, 3.63) is 35.7 Å². The van der Waals surface area contributed by atoms with E-state index in [2.05, 4.69) is 39.0 Å². The molecule has 0 bridgehead atoms. The van der Waals surface area contributed by atoms with Crippen molar-refractivity contribution < 1.29 is 4.74 Å². The Labute approximate surface area is 142 Å². The van der Waals surface area contributed by atoms with Gasteiger partial charge in [0.05, 0.1) is 18.8 Å². The Morgan fingerprint density at radius 2 is 1.88 bits per heavy atom. The van der Waals surface area contributed by atoms with Crippen molar-refractivity contribution in [1.29, 1.82) is 0 Å². The number of morpholine rings is 1. The number of nitrogens with one attached hydrogen (secondary N) is 1. The maximum Gasteiger partial charge on any atom is 0.232 e. The highest BCUT2D eigenvalue weighted by Gasteiger charge is 2.23. The quantitative estimate of drug-likeness (QED) is 0.888. The number of anilines is 3. The fourth-order valence-electron chi connectivity index (χ4n) is 3.01. The molecule has 1 saturated heterocycles. The monoisotopic (exact) mass is 328 g/mol. The summed E-state index contributed by atoms with van der Waals surface area (Å²) in [4.78, 5) is 15.3. The third-order valence-electron chi connectivity index (χ3n) is 3.95. The topological polar surface area (TPSA) is 89.2 Å². The van der Waals surface area contributed by atoms with Crippen molar-refractivity contribution in [3.63, 3.8) is 0 Å². The van der Waals surface area contributed by atoms with Crippen LogP contribution in [0, 0.1) is 6.92 Å². The molecule has 7 nitrogen and oxygen atoms in total. The second-order valence-electron chi connectivity index (χ2n) is 6.32. The van der Waals surface area contributed by atoms with Gasteiger partial charge < -0.3 is 15.8 Å². The Balaban J connectivity index is 1.75. The van der Waals surface area contributed by atoms with Crippen LogP contribution in [0.5, 0.6) is 0 Å². The molecule has 0 aliphatic carbocycles. The summed E-state index contributed by atoms with van der Waals surface area (Å²) in [6.45, 7) is 8.54. The molecule has 1 aliphatic rings. The lowest BCUT2D eigenvalue weighted by atomic mass is 10.2. The van der Waals surface area contributed by atoms with Gasteiger partial charge in [-0.25, -0.2) is 0 Å². The van der Waals surface area contributed by atoms with Crippen molar-refractivity contribution in [2.75, 3.05) is 24.1 Å². The van der Waals surface area contributed by atoms with Crippen LogP contribution in [-0.4, -0.2) is 45.1 Å². The van der Waals surface area contributed by atoms with Crippen molar-refractivity contribution in [2.45, 2.75) is 39.5 Å². The first-order chi connectivity index (χ1) is 11.5. The van der Waals surface area contributed by atoms with E-state index in [0.717, 1.165) is 24.3 Å². The van der Waals surface area contributed by atoms with Gasteiger partial charge in [-0.05, 0) is 32.4 Å². The average Bonchev–Trinajstić information content (AvgIpc) is 2.48. The molecule has 0 saturated carbocycles. The normalized spacial score (nSPS) is 21.6. The predicted octanol–water partition coefficient (Wildman–Crippen LogP) is 2.12. The molecule has 24 heavy (non-hydrogen) atoms. The van der Waals surface area contributed by atoms with E-state index >= 15 is 0 Å². The number of rotatable bonds is 4. The summed E-state index contributed by atoms with van der Waals surface area (Å²) in [6.07, 6.45) is 0.412. The molecule has 1 aromatic heterocycles. The molecule has 128 valence electrons. The highest BCUT2D eigenvalue weighted by molar-refractivity contribution is 5.58. The SMILES string of the molecule is Cc1ccccc1Nc1nc(N)nc(CN2C[C@H](C)O[C@@H](C)C2)n1. The minimum atomic E-state index is 0.206. The number of para-hydroxylation sites is 1. The van der Waals surface area contributed by atoms with Crippen LogP contribution in [0.2, 0.25) is 0 Å². The van der Waals surface area contributed by atoms with Gasteiger partial charge in [-0.15, -0.1) is 0 Å². The lowest BCUT2D eigenvalue weighted by molar-refractivity contribution is -0.0710. The van der Waals surface area contributed by atoms with Gasteiger partial charge in [0.25, 0.3) is 0 Å². The van der Waals surface area contributed by atoms with Gasteiger partial charge in [0.1, 0.15) is 5.82 Å². The third-order valence-corrected chi connectivity index (χ3v) is 3.95. The van der Waals surface area contributed by atoms with Crippen LogP contribution < -0.4 is 11.1 Å². The summed E-state index contributed by atoms with van der Waals surface area (Å²) in [5.74, 6) is 1.37. The fraction of sp³-hybridized carbons (Fsp3) is 0.471. The Bertz CT molecular complexity index is 697. The molecule has 2 heterocycles. The van der Waals surface area contributed by atoms with E-state index in [9.17, 15) is 0 Å². The van der Waals surface area contributed by atoms with E-state index in [0.29, 0.717) is 18.3 Å². The van der Waals surface area contributed by atoms with Gasteiger partial charge in [-0.3, -0.25) is 4.90 Å². The molecule has 2 atom stereocenters. The standard InChI is InChI=1S/C17H24N6O/c1-11-6-4-5-7-14(11)19-17-21-15(20-16(18)22-17)10-23-8-12(2)24-13(3)9-23/h4-7,12-13H,8-10H2,1-3H3,(H3,18,19,20,21,22)/t12-,13-/m0/s1. The van der Waals surface area contributed by atoms with Gasteiger partial charge in [0.2, 0.25) is 11.9 Å². The molecule has 2 aromatic rings. The maximum absolute atomic E-state index is 5.87. The van der Waals surface area contributed by atoms with E-state index in [1.165, 1.54) is 0 Å². The predicted molar refractivity (Wildman–Crippen MR) is 94.0 cm³/mol. The molecule has 0 spiro atoms. The van der Waals surface area contributed by atoms with Crippen molar-refractivity contribution >= 4 is 17.6 Å². The highest BCUT2D eigenvalue weighted by Crippen LogP contribution is 2.18. The van der Waals surface area contributed by atoms with Gasteiger partial charge in [-0.1, -0.05) is 18.2 Å². The molecule has 7 heteroatoms. The molecule has 1 aromatic carbocycles. The zero-order valence-electron chi connectivity index (χ0n) is 14.4. The van der Waals surface area contributed by atoms with Crippen LogP contribution in [-0.2, 0) is 11.3 Å². The van der Waals surface area contributed by atoms with Gasteiger partial charge in [-0.2, -0.15) is 15.0 Å². The van der Waals surface area contributed by atoms with E-state index in [1.54, 1.807) is 0 Å². The van der Waals surface area contributed by atoms with E-state index < -0.39 is 0 Å². The van der Waals surface area contributed by atoms with Gasteiger partial charge in [0, 0.05) is 18.8 Å². The first kappa shape index (κ1) is 16.6. The number of nitrogen functional groups attached to an aromatic ring is 1. The maximum atomic E-state index is 5.87. The molecule has 0 radical (unpaired) electrons. The van der Waals surface area contributed by atoms with Crippen molar-refractivity contribution in [3.8, 4) is 0 Å². The zero-order valence-corrected chi connectivity index (χ0v) is 14.4. The molecule has 1 fully saturated rings. The number of aryl methyl sites for hydroxylation is 1. The molecular formula is C17H24N6O. The summed E-state index contributed by atoms with van der Waals surface area (Å²) in [7, 11) is 0. The minimum absolute atomic E-state index is 0.206. The summed E-state index contributed by atoms with van der Waals surface area (Å²) in [6, 6.07) is 7.98. The molecule has 3 N–H and O–H groups in total. The lowest BCUT2D eigenvalue weighted by Crippen LogP contribution is -2.45. The fourth-order valence-corrected chi connectivity index (χ4v) is 3.01. The number of nitrogens with two attached hydrogens (primary N) is 1. The van der Waals surface area contributed by atoms with Crippen LogP contribution in [0.1, 0.15) is 25.2 Å². The lowest BCUT2D eigenvalue weighted by Gasteiger charge is -2.34. The zero-order chi connectivity index (χ0) is 17.1. The van der Waals surface area contributed by atoms with Crippen LogP contribution in [0.4, 0.5) is 17.6 Å². The molecule has 1 aliphatic heterocycles. The minimum Gasteiger partial charge on any atom is -0.373 e. The third kappa shape index (κ3) is 4.18. The highest BCUT2D eigenvalue weighted by atomic mass is 16.5. The number of benzene rings is 1. The van der Waals surface area contributed by atoms with E-state index in [1.807, 2.05) is 31.2 Å².